The molecular weight excluding hydrogens is 392 g/mol. The van der Waals surface area contributed by atoms with Crippen LogP contribution in [-0.4, -0.2) is 18.2 Å². The first-order valence-electron chi connectivity index (χ1n) is 10.4. The zero-order chi connectivity index (χ0) is 21.3. The standard InChI is InChI=1S/C25H28N2O2S/c1-18(2)25-27-24(19(3)30-25)21-9-13-23(14-10-21)29-16-6-4-5-15-28-22-11-7-20(17-26)8-12-22/h7-14,18H,4-6,15-16H2,1-3H3. The van der Waals surface area contributed by atoms with Crippen LogP contribution in [0.5, 0.6) is 11.5 Å². The van der Waals surface area contributed by atoms with Crippen LogP contribution in [0, 0.1) is 18.3 Å². The Morgan fingerprint density at radius 2 is 1.47 bits per heavy atom. The summed E-state index contributed by atoms with van der Waals surface area (Å²) in [6.07, 6.45) is 3.01. The van der Waals surface area contributed by atoms with Crippen LogP contribution >= 0.6 is 11.3 Å². The van der Waals surface area contributed by atoms with Gasteiger partial charge in [-0.1, -0.05) is 13.8 Å². The monoisotopic (exact) mass is 420 g/mol. The van der Waals surface area contributed by atoms with Crippen molar-refractivity contribution in [3.63, 3.8) is 0 Å². The zero-order valence-electron chi connectivity index (χ0n) is 17.9. The van der Waals surface area contributed by atoms with Gasteiger partial charge in [0.1, 0.15) is 11.5 Å². The summed E-state index contributed by atoms with van der Waals surface area (Å²) in [4.78, 5) is 6.06. The number of benzene rings is 2. The van der Waals surface area contributed by atoms with Crippen molar-refractivity contribution >= 4 is 11.3 Å². The molecule has 0 aliphatic heterocycles. The van der Waals surface area contributed by atoms with E-state index in [0.29, 0.717) is 24.7 Å². The summed E-state index contributed by atoms with van der Waals surface area (Å²) >= 11 is 1.78. The fourth-order valence-electron chi connectivity index (χ4n) is 3.03. The van der Waals surface area contributed by atoms with Crippen molar-refractivity contribution in [1.82, 2.24) is 4.98 Å². The third-order valence-corrected chi connectivity index (χ3v) is 6.02. The van der Waals surface area contributed by atoms with Crippen LogP contribution in [0.25, 0.3) is 11.3 Å². The van der Waals surface area contributed by atoms with Gasteiger partial charge < -0.3 is 9.47 Å². The first kappa shape index (κ1) is 21.9. The SMILES string of the molecule is Cc1sc(C(C)C)nc1-c1ccc(OCCCCCOc2ccc(C#N)cc2)cc1. The second-order valence-electron chi connectivity index (χ2n) is 7.53. The molecule has 3 aromatic rings. The first-order chi connectivity index (χ1) is 14.6. The van der Waals surface area contributed by atoms with Crippen molar-refractivity contribution in [2.24, 2.45) is 0 Å². The van der Waals surface area contributed by atoms with Crippen LogP contribution in [0.1, 0.15) is 54.5 Å². The molecule has 3 rings (SSSR count). The predicted octanol–water partition coefficient (Wildman–Crippen LogP) is 6.74. The highest BCUT2D eigenvalue weighted by atomic mass is 32.1. The van der Waals surface area contributed by atoms with E-state index in [0.717, 1.165) is 42.0 Å². The van der Waals surface area contributed by atoms with E-state index in [1.54, 1.807) is 23.5 Å². The second-order valence-corrected chi connectivity index (χ2v) is 8.76. The Hall–Kier alpha value is -2.84. The number of hydrogen-bond donors (Lipinski definition) is 0. The number of aromatic nitrogens is 1. The van der Waals surface area contributed by atoms with Gasteiger partial charge in [-0.25, -0.2) is 4.98 Å². The fraction of sp³-hybridized carbons (Fsp3) is 0.360. The van der Waals surface area contributed by atoms with E-state index in [2.05, 4.69) is 39.0 Å². The molecule has 0 aliphatic carbocycles. The molecule has 0 saturated carbocycles. The summed E-state index contributed by atoms with van der Waals surface area (Å²) in [5, 5.41) is 9.98. The smallest absolute Gasteiger partial charge is 0.119 e. The summed E-state index contributed by atoms with van der Waals surface area (Å²) in [7, 11) is 0. The maximum Gasteiger partial charge on any atom is 0.119 e. The maximum atomic E-state index is 8.80. The summed E-state index contributed by atoms with van der Waals surface area (Å²) in [6, 6.07) is 17.5. The first-order valence-corrected chi connectivity index (χ1v) is 11.2. The van der Waals surface area contributed by atoms with E-state index >= 15 is 0 Å². The number of thiazole rings is 1. The van der Waals surface area contributed by atoms with Gasteiger partial charge in [-0.3, -0.25) is 0 Å². The minimum Gasteiger partial charge on any atom is -0.494 e. The molecule has 0 bridgehead atoms. The fourth-order valence-corrected chi connectivity index (χ4v) is 3.97. The summed E-state index contributed by atoms with van der Waals surface area (Å²) < 4.78 is 11.6. The Labute approximate surface area is 183 Å². The van der Waals surface area contributed by atoms with Crippen LogP contribution in [-0.2, 0) is 0 Å². The van der Waals surface area contributed by atoms with E-state index in [1.165, 1.54) is 9.88 Å². The molecule has 0 fully saturated rings. The Kier molecular flexibility index (Phi) is 7.87. The number of ether oxygens (including phenoxy) is 2. The molecule has 4 nitrogen and oxygen atoms in total. The largest absolute Gasteiger partial charge is 0.494 e. The molecule has 0 N–H and O–H groups in total. The summed E-state index contributed by atoms with van der Waals surface area (Å²) in [6.45, 7) is 7.86. The second kappa shape index (κ2) is 10.8. The molecule has 0 amide bonds. The molecule has 0 aliphatic rings. The molecule has 0 radical (unpaired) electrons. The van der Waals surface area contributed by atoms with Crippen molar-refractivity contribution in [3.05, 3.63) is 64.0 Å². The molecular formula is C25H28N2O2S. The molecule has 30 heavy (non-hydrogen) atoms. The topological polar surface area (TPSA) is 55.1 Å². The van der Waals surface area contributed by atoms with Crippen molar-refractivity contribution in [2.45, 2.75) is 46.0 Å². The van der Waals surface area contributed by atoms with Crippen molar-refractivity contribution in [1.29, 1.82) is 5.26 Å². The van der Waals surface area contributed by atoms with E-state index in [1.807, 2.05) is 24.3 Å². The highest BCUT2D eigenvalue weighted by molar-refractivity contribution is 7.12. The Balaban J connectivity index is 1.36. The van der Waals surface area contributed by atoms with Crippen molar-refractivity contribution < 1.29 is 9.47 Å². The lowest BCUT2D eigenvalue weighted by Gasteiger charge is -2.08. The van der Waals surface area contributed by atoms with Gasteiger partial charge in [0.05, 0.1) is 35.5 Å². The Morgan fingerprint density at radius 3 is 1.97 bits per heavy atom. The number of rotatable bonds is 10. The van der Waals surface area contributed by atoms with E-state index in [-0.39, 0.29) is 0 Å². The van der Waals surface area contributed by atoms with E-state index in [9.17, 15) is 0 Å². The van der Waals surface area contributed by atoms with Crippen LogP contribution < -0.4 is 9.47 Å². The Morgan fingerprint density at radius 1 is 0.900 bits per heavy atom. The van der Waals surface area contributed by atoms with Gasteiger partial charge in [0.2, 0.25) is 0 Å². The van der Waals surface area contributed by atoms with Gasteiger partial charge in [0, 0.05) is 16.4 Å². The minimum atomic E-state index is 0.458. The predicted molar refractivity (Wildman–Crippen MR) is 122 cm³/mol. The number of unbranched alkanes of at least 4 members (excludes halogenated alkanes) is 2. The van der Waals surface area contributed by atoms with E-state index in [4.69, 9.17) is 19.7 Å². The van der Waals surface area contributed by atoms with Gasteiger partial charge >= 0.3 is 0 Å². The number of nitrogens with zero attached hydrogens (tertiary/aromatic N) is 2. The molecule has 0 atom stereocenters. The molecule has 0 unspecified atom stereocenters. The number of hydrogen-bond acceptors (Lipinski definition) is 5. The summed E-state index contributed by atoms with van der Waals surface area (Å²) in [5.74, 6) is 2.16. The lowest BCUT2D eigenvalue weighted by atomic mass is 10.1. The van der Waals surface area contributed by atoms with Gasteiger partial charge in [-0.2, -0.15) is 5.26 Å². The maximum absolute atomic E-state index is 8.80. The van der Waals surface area contributed by atoms with E-state index < -0.39 is 0 Å². The number of nitriles is 1. The molecule has 1 aromatic heterocycles. The molecule has 156 valence electrons. The Bertz CT molecular complexity index is 970. The molecule has 2 aromatic carbocycles. The average molecular weight is 421 g/mol. The minimum absolute atomic E-state index is 0.458. The number of aryl methyl sites for hydroxylation is 1. The van der Waals surface area contributed by atoms with Gasteiger partial charge in [0.25, 0.3) is 0 Å². The highest BCUT2D eigenvalue weighted by Gasteiger charge is 2.12. The molecule has 0 spiro atoms. The molecule has 1 heterocycles. The van der Waals surface area contributed by atoms with Gasteiger partial charge in [-0.15, -0.1) is 11.3 Å². The van der Waals surface area contributed by atoms with Crippen LogP contribution in [0.15, 0.2) is 48.5 Å². The van der Waals surface area contributed by atoms with Crippen molar-refractivity contribution in [3.8, 4) is 28.8 Å². The van der Waals surface area contributed by atoms with Gasteiger partial charge in [-0.05, 0) is 74.7 Å². The van der Waals surface area contributed by atoms with Crippen LogP contribution in [0.4, 0.5) is 0 Å². The third kappa shape index (κ3) is 6.08. The average Bonchev–Trinajstić information content (AvgIpc) is 3.16. The summed E-state index contributed by atoms with van der Waals surface area (Å²) in [5.41, 5.74) is 2.87. The third-order valence-electron chi connectivity index (χ3n) is 4.74. The van der Waals surface area contributed by atoms with Gasteiger partial charge in [0.15, 0.2) is 0 Å². The molecule has 0 saturated heterocycles. The lowest BCUT2D eigenvalue weighted by Crippen LogP contribution is -2.01. The quantitative estimate of drug-likeness (QED) is 0.341. The van der Waals surface area contributed by atoms with Crippen LogP contribution in [0.3, 0.4) is 0 Å². The molecule has 5 heteroatoms. The lowest BCUT2D eigenvalue weighted by molar-refractivity contribution is 0.279. The van der Waals surface area contributed by atoms with Crippen LogP contribution in [0.2, 0.25) is 0 Å². The highest BCUT2D eigenvalue weighted by Crippen LogP contribution is 2.31. The normalized spacial score (nSPS) is 10.8. The van der Waals surface area contributed by atoms with Crippen molar-refractivity contribution in [2.75, 3.05) is 13.2 Å². The zero-order valence-corrected chi connectivity index (χ0v) is 18.7.